The van der Waals surface area contributed by atoms with E-state index in [9.17, 15) is 4.79 Å². The summed E-state index contributed by atoms with van der Waals surface area (Å²) in [5.41, 5.74) is 5.87. The fraction of sp³-hybridized carbons (Fsp3) is 0.714. The molecule has 1 aliphatic heterocycles. The Balaban J connectivity index is 1.66. The van der Waals surface area contributed by atoms with Gasteiger partial charge in [0.1, 0.15) is 10.7 Å². The van der Waals surface area contributed by atoms with Crippen LogP contribution in [0, 0.1) is 5.92 Å². The first-order valence-corrected chi connectivity index (χ1v) is 8.31. The van der Waals surface area contributed by atoms with Crippen molar-refractivity contribution in [2.45, 2.75) is 51.3 Å². The average molecular weight is 310 g/mol. The molecule has 4 N–H and O–H groups in total. The van der Waals surface area contributed by atoms with Crippen molar-refractivity contribution in [3.63, 3.8) is 0 Å². The Morgan fingerprint density at radius 2 is 2.19 bits per heavy atom. The number of carbonyl (C=O) groups is 1. The van der Waals surface area contributed by atoms with E-state index in [1.54, 1.807) is 0 Å². The molecule has 0 spiro atoms. The second-order valence-corrected chi connectivity index (χ2v) is 7.07. The van der Waals surface area contributed by atoms with Crippen LogP contribution in [0.15, 0.2) is 0 Å². The molecule has 1 saturated heterocycles. The predicted molar refractivity (Wildman–Crippen MR) is 83.6 cm³/mol. The van der Waals surface area contributed by atoms with Crippen LogP contribution >= 0.6 is 11.3 Å². The van der Waals surface area contributed by atoms with Crippen molar-refractivity contribution in [2.75, 3.05) is 17.7 Å². The fourth-order valence-electron chi connectivity index (χ4n) is 2.69. The van der Waals surface area contributed by atoms with Gasteiger partial charge < -0.3 is 21.1 Å². The highest BCUT2D eigenvalue weighted by atomic mass is 32.1. The van der Waals surface area contributed by atoms with Crippen molar-refractivity contribution < 1.29 is 9.53 Å². The van der Waals surface area contributed by atoms with Gasteiger partial charge in [-0.05, 0) is 39.0 Å². The second-order valence-electron chi connectivity index (χ2n) is 6.07. The van der Waals surface area contributed by atoms with E-state index in [0.29, 0.717) is 21.7 Å². The zero-order valence-corrected chi connectivity index (χ0v) is 13.2. The third-order valence-electron chi connectivity index (χ3n) is 3.81. The molecule has 1 amide bonds. The van der Waals surface area contributed by atoms with E-state index in [2.05, 4.69) is 15.6 Å². The number of ether oxygens (including phenoxy) is 1. The van der Waals surface area contributed by atoms with Gasteiger partial charge in [-0.15, -0.1) is 0 Å². The minimum Gasteiger partial charge on any atom is -0.382 e. The lowest BCUT2D eigenvalue weighted by molar-refractivity contribution is 0.0731. The Morgan fingerprint density at radius 1 is 1.43 bits per heavy atom. The zero-order valence-electron chi connectivity index (χ0n) is 12.4. The van der Waals surface area contributed by atoms with Crippen LogP contribution in [0.25, 0.3) is 0 Å². The quantitative estimate of drug-likeness (QED) is 0.772. The van der Waals surface area contributed by atoms with E-state index in [4.69, 9.17) is 10.5 Å². The van der Waals surface area contributed by atoms with Crippen LogP contribution in [0.4, 0.5) is 10.9 Å². The highest BCUT2D eigenvalue weighted by Crippen LogP contribution is 2.39. The molecule has 2 aliphatic rings. The summed E-state index contributed by atoms with van der Waals surface area (Å²) in [5.74, 6) is 0.778. The number of anilines is 2. The number of nitrogens with one attached hydrogen (secondary N) is 2. The van der Waals surface area contributed by atoms with Gasteiger partial charge in [-0.25, -0.2) is 4.98 Å². The van der Waals surface area contributed by atoms with E-state index in [-0.39, 0.29) is 24.1 Å². The Morgan fingerprint density at radius 3 is 2.86 bits per heavy atom. The summed E-state index contributed by atoms with van der Waals surface area (Å²) in [5, 5.41) is 6.94. The number of nitrogens with two attached hydrogens (primary N) is 1. The molecule has 0 bridgehead atoms. The molecule has 1 aliphatic carbocycles. The molecule has 1 saturated carbocycles. The van der Waals surface area contributed by atoms with Gasteiger partial charge in [-0.1, -0.05) is 11.3 Å². The van der Waals surface area contributed by atoms with Crippen molar-refractivity contribution in [2.24, 2.45) is 5.92 Å². The molecule has 2 unspecified atom stereocenters. The highest BCUT2D eigenvalue weighted by Gasteiger charge is 2.41. The molecule has 3 rings (SSSR count). The number of thiazole rings is 1. The van der Waals surface area contributed by atoms with Gasteiger partial charge >= 0.3 is 0 Å². The summed E-state index contributed by atoms with van der Waals surface area (Å²) < 4.78 is 5.74. The summed E-state index contributed by atoms with van der Waals surface area (Å²) in [6.45, 7) is 4.77. The standard InChI is InChI=1S/C14H22N4O2S/c1-7(2)16-14-18-12(15)11(21-14)13(19)17-9-5-6-20-10(9)8-3-4-8/h7-10H,3-6,15H2,1-2H3,(H,16,18)(H,17,19). The molecule has 2 fully saturated rings. The Bertz CT molecular complexity index is 527. The van der Waals surface area contributed by atoms with Crippen molar-refractivity contribution in [1.82, 2.24) is 10.3 Å². The maximum absolute atomic E-state index is 12.4. The largest absolute Gasteiger partial charge is 0.382 e. The SMILES string of the molecule is CC(C)Nc1nc(N)c(C(=O)NC2CCOC2C2CC2)s1. The molecule has 7 heteroatoms. The lowest BCUT2D eigenvalue weighted by atomic mass is 10.1. The van der Waals surface area contributed by atoms with Gasteiger partial charge in [0.2, 0.25) is 0 Å². The van der Waals surface area contributed by atoms with E-state index in [1.807, 2.05) is 13.8 Å². The van der Waals surface area contributed by atoms with Crippen LogP contribution in [-0.4, -0.2) is 35.7 Å². The van der Waals surface area contributed by atoms with Crippen LogP contribution in [0.1, 0.15) is 42.8 Å². The molecular weight excluding hydrogens is 288 g/mol. The van der Waals surface area contributed by atoms with E-state index in [1.165, 1.54) is 24.2 Å². The smallest absolute Gasteiger partial charge is 0.265 e. The van der Waals surface area contributed by atoms with Gasteiger partial charge in [-0.3, -0.25) is 4.79 Å². The van der Waals surface area contributed by atoms with Gasteiger partial charge in [-0.2, -0.15) is 0 Å². The lowest BCUT2D eigenvalue weighted by Gasteiger charge is -2.19. The highest BCUT2D eigenvalue weighted by molar-refractivity contribution is 7.18. The maximum Gasteiger partial charge on any atom is 0.265 e. The Labute approximate surface area is 128 Å². The predicted octanol–water partition coefficient (Wildman–Crippen LogP) is 1.84. The summed E-state index contributed by atoms with van der Waals surface area (Å²) in [6, 6.07) is 0.363. The molecule has 21 heavy (non-hydrogen) atoms. The Hall–Kier alpha value is -1.34. The summed E-state index contributed by atoms with van der Waals surface area (Å²) >= 11 is 1.30. The van der Waals surface area contributed by atoms with Gasteiger partial charge in [0.25, 0.3) is 5.91 Å². The number of carbonyl (C=O) groups excluding carboxylic acids is 1. The molecule has 2 atom stereocenters. The first kappa shape index (κ1) is 14.6. The molecular formula is C14H22N4O2S. The average Bonchev–Trinajstić information content (AvgIpc) is 3.04. The third kappa shape index (κ3) is 3.29. The number of aromatic nitrogens is 1. The lowest BCUT2D eigenvalue weighted by Crippen LogP contribution is -2.41. The summed E-state index contributed by atoms with van der Waals surface area (Å²) in [7, 11) is 0. The van der Waals surface area contributed by atoms with E-state index < -0.39 is 0 Å². The third-order valence-corrected chi connectivity index (χ3v) is 4.81. The van der Waals surface area contributed by atoms with Crippen molar-refractivity contribution in [3.8, 4) is 0 Å². The minimum absolute atomic E-state index is 0.105. The number of nitrogen functional groups attached to an aromatic ring is 1. The monoisotopic (exact) mass is 310 g/mol. The molecule has 1 aromatic rings. The minimum atomic E-state index is -0.136. The molecule has 1 aromatic heterocycles. The van der Waals surface area contributed by atoms with Crippen LogP contribution in [0.3, 0.4) is 0 Å². The van der Waals surface area contributed by atoms with E-state index in [0.717, 1.165) is 13.0 Å². The van der Waals surface area contributed by atoms with Gasteiger partial charge in [0.05, 0.1) is 12.1 Å². The fourth-order valence-corrected chi connectivity index (χ4v) is 3.63. The number of nitrogens with zero attached hydrogens (tertiary/aromatic N) is 1. The number of hydrogen-bond donors (Lipinski definition) is 3. The molecule has 0 radical (unpaired) electrons. The first-order chi connectivity index (χ1) is 10.0. The van der Waals surface area contributed by atoms with Gasteiger partial charge in [0.15, 0.2) is 5.13 Å². The summed E-state index contributed by atoms with van der Waals surface area (Å²) in [4.78, 5) is 17.1. The molecule has 2 heterocycles. The number of rotatable bonds is 5. The first-order valence-electron chi connectivity index (χ1n) is 7.50. The molecule has 116 valence electrons. The van der Waals surface area contributed by atoms with Crippen molar-refractivity contribution in [1.29, 1.82) is 0 Å². The van der Waals surface area contributed by atoms with Crippen molar-refractivity contribution in [3.05, 3.63) is 4.88 Å². The number of hydrogen-bond acceptors (Lipinski definition) is 6. The Kier molecular flexibility index (Phi) is 4.03. The maximum atomic E-state index is 12.4. The molecule has 0 aromatic carbocycles. The van der Waals surface area contributed by atoms with Crippen LogP contribution in [0.5, 0.6) is 0 Å². The normalized spacial score (nSPS) is 25.3. The van der Waals surface area contributed by atoms with E-state index >= 15 is 0 Å². The van der Waals surface area contributed by atoms with Crippen molar-refractivity contribution >= 4 is 28.2 Å². The van der Waals surface area contributed by atoms with Crippen LogP contribution in [-0.2, 0) is 4.74 Å². The molecule has 6 nitrogen and oxygen atoms in total. The van der Waals surface area contributed by atoms with Crippen LogP contribution in [0.2, 0.25) is 0 Å². The summed E-state index contributed by atoms with van der Waals surface area (Å²) in [6.07, 6.45) is 3.48. The van der Waals surface area contributed by atoms with Crippen LogP contribution < -0.4 is 16.4 Å². The second kappa shape index (κ2) is 5.81. The topological polar surface area (TPSA) is 89.3 Å². The number of amides is 1. The zero-order chi connectivity index (χ0) is 15.0. The van der Waals surface area contributed by atoms with Gasteiger partial charge in [0, 0.05) is 12.6 Å².